The lowest BCUT2D eigenvalue weighted by Gasteiger charge is -2.26. The van der Waals surface area contributed by atoms with Gasteiger partial charge < -0.3 is 14.6 Å². The lowest BCUT2D eigenvalue weighted by atomic mass is 9.94. The maximum Gasteiger partial charge on any atom is 0.300 e. The molecule has 1 fully saturated rings. The van der Waals surface area contributed by atoms with Gasteiger partial charge in [-0.1, -0.05) is 38.1 Å². The van der Waals surface area contributed by atoms with Gasteiger partial charge in [0.2, 0.25) is 0 Å². The van der Waals surface area contributed by atoms with Gasteiger partial charge >= 0.3 is 0 Å². The molecule has 36 heavy (non-hydrogen) atoms. The predicted octanol–water partition coefficient (Wildman–Crippen LogP) is 5.80. The van der Waals surface area contributed by atoms with Gasteiger partial charge in [-0.15, -0.1) is 0 Å². The summed E-state index contributed by atoms with van der Waals surface area (Å²) in [5, 5.41) is 11.3. The van der Waals surface area contributed by atoms with Gasteiger partial charge in [0.1, 0.15) is 23.1 Å². The number of anilines is 1. The van der Waals surface area contributed by atoms with Crippen molar-refractivity contribution in [3.05, 3.63) is 94.8 Å². The summed E-state index contributed by atoms with van der Waals surface area (Å²) in [5.74, 6) is -1.62. The van der Waals surface area contributed by atoms with E-state index in [1.165, 1.54) is 24.1 Å². The summed E-state index contributed by atoms with van der Waals surface area (Å²) >= 11 is 0. The number of aryl methyl sites for hydroxylation is 1. The van der Waals surface area contributed by atoms with Crippen LogP contribution < -0.4 is 14.4 Å². The molecule has 6 nitrogen and oxygen atoms in total. The molecular weight excluding hydrogens is 461 g/mol. The number of ketones is 1. The molecule has 0 radical (unpaired) electrons. The number of aliphatic hydroxyl groups excluding tert-OH is 1. The fraction of sp³-hybridized carbons (Fsp3) is 0.241. The van der Waals surface area contributed by atoms with Crippen molar-refractivity contribution in [2.24, 2.45) is 5.92 Å². The number of carbonyl (C=O) groups is 2. The van der Waals surface area contributed by atoms with E-state index < -0.39 is 29.3 Å². The maximum atomic E-state index is 14.1. The molecule has 0 aliphatic carbocycles. The Morgan fingerprint density at radius 1 is 1.06 bits per heavy atom. The van der Waals surface area contributed by atoms with Gasteiger partial charge in [-0.3, -0.25) is 14.5 Å². The zero-order valence-corrected chi connectivity index (χ0v) is 20.6. The van der Waals surface area contributed by atoms with Gasteiger partial charge in [0.15, 0.2) is 0 Å². The van der Waals surface area contributed by atoms with Crippen LogP contribution in [0.15, 0.2) is 72.3 Å². The number of Topliss-reactive ketones (excluding diaryl/α,β-unsaturated/α-hetero) is 1. The molecule has 1 saturated heterocycles. The molecule has 0 aromatic heterocycles. The van der Waals surface area contributed by atoms with E-state index in [1.54, 1.807) is 42.5 Å². The van der Waals surface area contributed by atoms with Crippen molar-refractivity contribution in [3.63, 3.8) is 0 Å². The van der Waals surface area contributed by atoms with Crippen LogP contribution in [0.25, 0.3) is 5.76 Å². The smallest absolute Gasteiger partial charge is 0.300 e. The fourth-order valence-corrected chi connectivity index (χ4v) is 4.21. The highest BCUT2D eigenvalue weighted by Crippen LogP contribution is 2.43. The highest BCUT2D eigenvalue weighted by molar-refractivity contribution is 6.51. The first-order valence-corrected chi connectivity index (χ1v) is 11.7. The van der Waals surface area contributed by atoms with E-state index in [1.807, 2.05) is 26.8 Å². The molecule has 1 aliphatic rings. The summed E-state index contributed by atoms with van der Waals surface area (Å²) in [7, 11) is 1.38. The highest BCUT2D eigenvalue weighted by atomic mass is 19.1. The molecule has 3 aromatic rings. The van der Waals surface area contributed by atoms with Crippen molar-refractivity contribution in [1.82, 2.24) is 0 Å². The van der Waals surface area contributed by atoms with Crippen LogP contribution in [-0.4, -0.2) is 30.5 Å². The molecule has 0 bridgehead atoms. The Morgan fingerprint density at radius 3 is 2.42 bits per heavy atom. The van der Waals surface area contributed by atoms with E-state index in [2.05, 4.69) is 0 Å². The minimum Gasteiger partial charge on any atom is -0.507 e. The number of hydrogen-bond donors (Lipinski definition) is 1. The molecule has 1 amide bonds. The minimum atomic E-state index is -0.945. The first-order chi connectivity index (χ1) is 17.2. The van der Waals surface area contributed by atoms with Crippen LogP contribution in [0, 0.1) is 18.7 Å². The summed E-state index contributed by atoms with van der Waals surface area (Å²) in [6, 6.07) is 16.9. The van der Waals surface area contributed by atoms with Crippen molar-refractivity contribution in [1.29, 1.82) is 0 Å². The third-order valence-electron chi connectivity index (χ3n) is 5.92. The van der Waals surface area contributed by atoms with Gasteiger partial charge in [0, 0.05) is 5.69 Å². The van der Waals surface area contributed by atoms with Gasteiger partial charge in [0.05, 0.1) is 30.9 Å². The van der Waals surface area contributed by atoms with Gasteiger partial charge in [-0.2, -0.15) is 0 Å². The fourth-order valence-electron chi connectivity index (χ4n) is 4.21. The molecule has 1 heterocycles. The summed E-state index contributed by atoms with van der Waals surface area (Å²) < 4.78 is 25.2. The van der Waals surface area contributed by atoms with Crippen LogP contribution in [0.5, 0.6) is 11.5 Å². The van der Waals surface area contributed by atoms with Crippen LogP contribution in [0.4, 0.5) is 10.1 Å². The van der Waals surface area contributed by atoms with E-state index in [9.17, 15) is 19.1 Å². The van der Waals surface area contributed by atoms with E-state index in [0.717, 1.165) is 11.6 Å². The quantitative estimate of drug-likeness (QED) is 0.258. The second-order valence-electron chi connectivity index (χ2n) is 9.13. The van der Waals surface area contributed by atoms with E-state index in [-0.39, 0.29) is 16.9 Å². The summed E-state index contributed by atoms with van der Waals surface area (Å²) in [4.78, 5) is 28.0. The lowest BCUT2D eigenvalue weighted by Crippen LogP contribution is -2.29. The Balaban J connectivity index is 1.90. The van der Waals surface area contributed by atoms with Crippen LogP contribution in [0.1, 0.15) is 36.6 Å². The Kier molecular flexibility index (Phi) is 7.10. The van der Waals surface area contributed by atoms with Gasteiger partial charge in [0.25, 0.3) is 11.7 Å². The third-order valence-corrected chi connectivity index (χ3v) is 5.92. The number of hydrogen-bond acceptors (Lipinski definition) is 5. The largest absolute Gasteiger partial charge is 0.507 e. The van der Waals surface area contributed by atoms with Gasteiger partial charge in [-0.05, 0) is 66.4 Å². The number of amides is 1. The molecule has 7 heteroatoms. The van der Waals surface area contributed by atoms with Crippen LogP contribution in [0.2, 0.25) is 0 Å². The van der Waals surface area contributed by atoms with Crippen LogP contribution in [-0.2, 0) is 9.59 Å². The van der Waals surface area contributed by atoms with Crippen LogP contribution in [0.3, 0.4) is 0 Å². The minimum absolute atomic E-state index is 0.0124. The second kappa shape index (κ2) is 10.2. The van der Waals surface area contributed by atoms with Crippen LogP contribution >= 0.6 is 0 Å². The number of aliphatic hydroxyl groups is 1. The molecule has 1 N–H and O–H groups in total. The summed E-state index contributed by atoms with van der Waals surface area (Å²) in [6.45, 7) is 6.52. The Labute approximate surface area is 209 Å². The first-order valence-electron chi connectivity index (χ1n) is 11.7. The highest BCUT2D eigenvalue weighted by Gasteiger charge is 2.47. The molecule has 1 aliphatic heterocycles. The maximum absolute atomic E-state index is 14.1. The molecule has 0 saturated carbocycles. The summed E-state index contributed by atoms with van der Waals surface area (Å²) in [6.07, 6.45) is 0. The van der Waals surface area contributed by atoms with Gasteiger partial charge in [-0.25, -0.2) is 4.39 Å². The predicted molar refractivity (Wildman–Crippen MR) is 136 cm³/mol. The third kappa shape index (κ3) is 4.82. The van der Waals surface area contributed by atoms with Crippen molar-refractivity contribution < 1.29 is 28.6 Å². The first kappa shape index (κ1) is 25.0. The van der Waals surface area contributed by atoms with E-state index >= 15 is 0 Å². The molecular formula is C29H28FNO5. The standard InChI is InChI=1S/C29H28FNO5/c1-17(2)16-36-22-11-8-19(9-12-22)26-25(27(32)23-15-20(30)10-13-24(23)35-4)28(33)29(34)31(26)21-7-5-6-18(3)14-21/h5-15,17,26,32H,16H2,1-4H3/b27-25+. The number of carbonyl (C=O) groups excluding carboxylic acids is 2. The number of halogens is 1. The number of ether oxygens (including phenoxy) is 2. The van der Waals surface area contributed by atoms with E-state index in [4.69, 9.17) is 9.47 Å². The molecule has 4 rings (SSSR count). The number of rotatable bonds is 7. The van der Waals surface area contributed by atoms with Crippen molar-refractivity contribution in [3.8, 4) is 11.5 Å². The normalized spacial score (nSPS) is 17.1. The number of nitrogens with zero attached hydrogens (tertiary/aromatic N) is 1. The average molecular weight is 490 g/mol. The Hall–Kier alpha value is -4.13. The topological polar surface area (TPSA) is 76.1 Å². The van der Waals surface area contributed by atoms with Crippen molar-refractivity contribution >= 4 is 23.1 Å². The monoisotopic (exact) mass is 489 g/mol. The zero-order chi connectivity index (χ0) is 26.0. The molecule has 1 unspecified atom stereocenters. The molecule has 186 valence electrons. The second-order valence-corrected chi connectivity index (χ2v) is 9.13. The van der Waals surface area contributed by atoms with Crippen molar-refractivity contribution in [2.45, 2.75) is 26.8 Å². The zero-order valence-electron chi connectivity index (χ0n) is 20.6. The average Bonchev–Trinajstić information content (AvgIpc) is 3.13. The number of benzene rings is 3. The Bertz CT molecular complexity index is 1330. The van der Waals surface area contributed by atoms with E-state index in [0.29, 0.717) is 29.5 Å². The number of methoxy groups -OCH3 is 1. The Morgan fingerprint density at radius 2 is 1.78 bits per heavy atom. The molecule has 1 atom stereocenters. The van der Waals surface area contributed by atoms with Crippen molar-refractivity contribution in [2.75, 3.05) is 18.6 Å². The summed E-state index contributed by atoms with van der Waals surface area (Å²) in [5.41, 5.74) is 1.83. The molecule has 0 spiro atoms. The lowest BCUT2D eigenvalue weighted by molar-refractivity contribution is -0.132. The SMILES string of the molecule is COc1ccc(F)cc1/C(O)=C1\C(=O)C(=O)N(c2cccc(C)c2)C1c1ccc(OCC(C)C)cc1. The molecule has 3 aromatic carbocycles.